The van der Waals surface area contributed by atoms with Gasteiger partial charge in [0.2, 0.25) is 11.8 Å². The van der Waals surface area contributed by atoms with E-state index in [0.717, 1.165) is 0 Å². The highest BCUT2D eigenvalue weighted by Crippen LogP contribution is 2.31. The van der Waals surface area contributed by atoms with Gasteiger partial charge in [0.05, 0.1) is 24.0 Å². The van der Waals surface area contributed by atoms with Crippen LogP contribution in [-0.2, 0) is 9.59 Å². The lowest BCUT2D eigenvalue weighted by molar-refractivity contribution is -0.126. The van der Waals surface area contributed by atoms with Crippen molar-refractivity contribution in [2.45, 2.75) is 6.42 Å². The Morgan fingerprint density at radius 3 is 2.48 bits per heavy atom. The van der Waals surface area contributed by atoms with Crippen molar-refractivity contribution in [3.05, 3.63) is 45.5 Å². The van der Waals surface area contributed by atoms with Crippen LogP contribution in [-0.4, -0.2) is 37.4 Å². The standard InChI is InChI=1S/C18H18IN3O5/c1-26-13-5-3-12(4-6-13)21-16(23)9-17(24)22-20-10-11-7-14(19)18(25)15(8-11)27-2/h3-8,10,25H,9H2,1-2H3,(H,21,23)(H,22,24)/b20-10+. The molecule has 0 aliphatic rings. The summed E-state index contributed by atoms with van der Waals surface area (Å²) in [7, 11) is 2.99. The van der Waals surface area contributed by atoms with Crippen molar-refractivity contribution in [2.24, 2.45) is 5.10 Å². The van der Waals surface area contributed by atoms with Crippen LogP contribution in [0.25, 0.3) is 0 Å². The third-order valence-corrected chi connectivity index (χ3v) is 4.19. The van der Waals surface area contributed by atoms with Crippen LogP contribution in [0.5, 0.6) is 17.2 Å². The third kappa shape index (κ3) is 6.13. The molecule has 0 bridgehead atoms. The highest BCUT2D eigenvalue weighted by molar-refractivity contribution is 14.1. The molecule has 8 nitrogen and oxygen atoms in total. The Labute approximate surface area is 169 Å². The minimum atomic E-state index is -0.558. The van der Waals surface area contributed by atoms with Gasteiger partial charge in [-0.3, -0.25) is 9.59 Å². The first-order valence-electron chi connectivity index (χ1n) is 7.75. The van der Waals surface area contributed by atoms with Crippen molar-refractivity contribution in [3.8, 4) is 17.2 Å². The summed E-state index contributed by atoms with van der Waals surface area (Å²) in [6.45, 7) is 0. The Hall–Kier alpha value is -2.82. The van der Waals surface area contributed by atoms with Crippen molar-refractivity contribution in [1.29, 1.82) is 0 Å². The van der Waals surface area contributed by atoms with E-state index < -0.39 is 11.8 Å². The molecule has 0 atom stereocenters. The average Bonchev–Trinajstić information content (AvgIpc) is 2.64. The Balaban J connectivity index is 1.87. The minimum Gasteiger partial charge on any atom is -0.504 e. The molecule has 2 rings (SSSR count). The molecule has 0 unspecified atom stereocenters. The molecule has 0 heterocycles. The summed E-state index contributed by atoms with van der Waals surface area (Å²) in [6.07, 6.45) is 1.02. The molecule has 2 amide bonds. The molecule has 27 heavy (non-hydrogen) atoms. The van der Waals surface area contributed by atoms with Gasteiger partial charge < -0.3 is 19.9 Å². The fourth-order valence-corrected chi connectivity index (χ4v) is 2.69. The molecule has 2 aromatic carbocycles. The van der Waals surface area contributed by atoms with E-state index in [1.54, 1.807) is 43.5 Å². The number of nitrogens with one attached hydrogen (secondary N) is 2. The van der Waals surface area contributed by atoms with Crippen LogP contribution >= 0.6 is 22.6 Å². The van der Waals surface area contributed by atoms with Gasteiger partial charge in [0.25, 0.3) is 0 Å². The molecule has 0 aromatic heterocycles. The number of methoxy groups -OCH3 is 2. The molecule has 0 aliphatic carbocycles. The van der Waals surface area contributed by atoms with Crippen molar-refractivity contribution >= 4 is 46.3 Å². The van der Waals surface area contributed by atoms with Gasteiger partial charge in [-0.05, 0) is 64.6 Å². The lowest BCUT2D eigenvalue weighted by atomic mass is 10.2. The largest absolute Gasteiger partial charge is 0.504 e. The van der Waals surface area contributed by atoms with Gasteiger partial charge in [-0.15, -0.1) is 0 Å². The molecule has 2 aromatic rings. The number of anilines is 1. The van der Waals surface area contributed by atoms with Crippen molar-refractivity contribution in [1.82, 2.24) is 5.43 Å². The number of halogens is 1. The number of rotatable bonds is 7. The van der Waals surface area contributed by atoms with E-state index in [9.17, 15) is 14.7 Å². The molecule has 0 radical (unpaired) electrons. The summed E-state index contributed by atoms with van der Waals surface area (Å²) in [4.78, 5) is 23.7. The Morgan fingerprint density at radius 1 is 1.15 bits per heavy atom. The Bertz CT molecular complexity index is 853. The van der Waals surface area contributed by atoms with E-state index in [0.29, 0.717) is 26.3 Å². The van der Waals surface area contributed by atoms with Gasteiger partial charge in [-0.25, -0.2) is 5.43 Å². The lowest BCUT2D eigenvalue weighted by Gasteiger charge is -2.06. The van der Waals surface area contributed by atoms with Crippen LogP contribution in [0.2, 0.25) is 0 Å². The highest BCUT2D eigenvalue weighted by atomic mass is 127. The van der Waals surface area contributed by atoms with Gasteiger partial charge in [-0.1, -0.05) is 0 Å². The first-order chi connectivity index (χ1) is 12.9. The monoisotopic (exact) mass is 483 g/mol. The van der Waals surface area contributed by atoms with E-state index in [1.165, 1.54) is 13.3 Å². The van der Waals surface area contributed by atoms with Gasteiger partial charge in [-0.2, -0.15) is 5.10 Å². The molecule has 0 spiro atoms. The number of phenols is 1. The quantitative estimate of drug-likeness (QED) is 0.243. The zero-order valence-corrected chi connectivity index (χ0v) is 16.8. The minimum absolute atomic E-state index is 0.0366. The lowest BCUT2D eigenvalue weighted by Crippen LogP contribution is -2.24. The van der Waals surface area contributed by atoms with Crippen LogP contribution in [0.1, 0.15) is 12.0 Å². The number of aromatic hydroxyl groups is 1. The van der Waals surface area contributed by atoms with Crippen LogP contribution < -0.4 is 20.2 Å². The number of hydrazone groups is 1. The Morgan fingerprint density at radius 2 is 1.85 bits per heavy atom. The normalized spacial score (nSPS) is 10.5. The maximum absolute atomic E-state index is 11.9. The highest BCUT2D eigenvalue weighted by Gasteiger charge is 2.10. The second-order valence-corrected chi connectivity index (χ2v) is 6.46. The number of hydrogen-bond donors (Lipinski definition) is 3. The van der Waals surface area contributed by atoms with E-state index in [-0.39, 0.29) is 12.2 Å². The summed E-state index contributed by atoms with van der Waals surface area (Å²) < 4.78 is 10.7. The smallest absolute Gasteiger partial charge is 0.249 e. The number of benzene rings is 2. The predicted octanol–water partition coefficient (Wildman–Crippen LogP) is 2.49. The average molecular weight is 483 g/mol. The van der Waals surface area contributed by atoms with Crippen LogP contribution in [0.3, 0.4) is 0 Å². The zero-order chi connectivity index (χ0) is 19.8. The molecular formula is C18H18IN3O5. The molecule has 0 saturated heterocycles. The maximum Gasteiger partial charge on any atom is 0.249 e. The second kappa shape index (κ2) is 9.76. The molecule has 3 N–H and O–H groups in total. The number of carbonyl (C=O) groups is 2. The number of hydrogen-bond acceptors (Lipinski definition) is 6. The van der Waals surface area contributed by atoms with Crippen molar-refractivity contribution in [3.63, 3.8) is 0 Å². The maximum atomic E-state index is 11.9. The summed E-state index contributed by atoms with van der Waals surface area (Å²) >= 11 is 1.96. The zero-order valence-electron chi connectivity index (χ0n) is 14.7. The topological polar surface area (TPSA) is 109 Å². The number of phenolic OH excluding ortho intramolecular Hbond substituents is 1. The molecule has 0 aliphatic heterocycles. The fourth-order valence-electron chi connectivity index (χ4n) is 2.07. The molecule has 142 valence electrons. The molecular weight excluding hydrogens is 465 g/mol. The fraction of sp³-hybridized carbons (Fsp3) is 0.167. The van der Waals surface area contributed by atoms with E-state index in [4.69, 9.17) is 9.47 Å². The first-order valence-corrected chi connectivity index (χ1v) is 8.83. The number of nitrogens with zero attached hydrogens (tertiary/aromatic N) is 1. The molecule has 9 heteroatoms. The third-order valence-electron chi connectivity index (χ3n) is 3.37. The van der Waals surface area contributed by atoms with Gasteiger partial charge >= 0.3 is 0 Å². The van der Waals surface area contributed by atoms with Crippen molar-refractivity contribution < 1.29 is 24.2 Å². The SMILES string of the molecule is COc1ccc(NC(=O)CC(=O)N/N=C/c2cc(I)c(O)c(OC)c2)cc1. The van der Waals surface area contributed by atoms with E-state index in [2.05, 4.69) is 15.8 Å². The summed E-state index contributed by atoms with van der Waals surface area (Å²) in [6, 6.07) is 9.99. The summed E-state index contributed by atoms with van der Waals surface area (Å²) in [5, 5.41) is 16.2. The van der Waals surface area contributed by atoms with Crippen LogP contribution in [0, 0.1) is 3.57 Å². The number of ether oxygens (including phenoxy) is 2. The predicted molar refractivity (Wildman–Crippen MR) is 109 cm³/mol. The van der Waals surface area contributed by atoms with Crippen LogP contribution in [0.15, 0.2) is 41.5 Å². The van der Waals surface area contributed by atoms with Gasteiger partial charge in [0.15, 0.2) is 11.5 Å². The number of carbonyl (C=O) groups excluding carboxylic acids is 2. The molecule has 0 saturated carbocycles. The Kier molecular flexibility index (Phi) is 7.41. The van der Waals surface area contributed by atoms with Crippen molar-refractivity contribution in [2.75, 3.05) is 19.5 Å². The van der Waals surface area contributed by atoms with E-state index >= 15 is 0 Å². The second-order valence-electron chi connectivity index (χ2n) is 5.30. The van der Waals surface area contributed by atoms with Gasteiger partial charge in [0.1, 0.15) is 12.2 Å². The van der Waals surface area contributed by atoms with Gasteiger partial charge in [0, 0.05) is 5.69 Å². The van der Waals surface area contributed by atoms with Crippen LogP contribution in [0.4, 0.5) is 5.69 Å². The summed E-state index contributed by atoms with van der Waals surface area (Å²) in [5.74, 6) is -0.0185. The molecule has 0 fully saturated rings. The van der Waals surface area contributed by atoms with E-state index in [1.807, 2.05) is 22.6 Å². The number of amides is 2. The first kappa shape index (κ1) is 20.5. The summed E-state index contributed by atoms with van der Waals surface area (Å²) in [5.41, 5.74) is 3.46.